The summed E-state index contributed by atoms with van der Waals surface area (Å²) >= 11 is 0. The Kier molecular flexibility index (Phi) is 8.28. The summed E-state index contributed by atoms with van der Waals surface area (Å²) in [6.07, 6.45) is 0.881. The second kappa shape index (κ2) is 11.1. The largest absolute Gasteiger partial charge is 0.369 e. The van der Waals surface area contributed by atoms with Gasteiger partial charge < -0.3 is 15.1 Å². The second-order valence-electron chi connectivity index (χ2n) is 8.55. The first-order valence-corrected chi connectivity index (χ1v) is 11.7. The third-order valence-corrected chi connectivity index (χ3v) is 6.11. The molecule has 1 fully saturated rings. The van der Waals surface area contributed by atoms with Crippen LogP contribution in [0.1, 0.15) is 43.6 Å². The van der Waals surface area contributed by atoms with Crippen LogP contribution in [0.15, 0.2) is 48.5 Å². The Hall–Kier alpha value is -2.86. The van der Waals surface area contributed by atoms with Crippen LogP contribution < -0.4 is 10.2 Å². The number of rotatable bonds is 8. The van der Waals surface area contributed by atoms with E-state index in [0.29, 0.717) is 38.8 Å². The van der Waals surface area contributed by atoms with Gasteiger partial charge in [-0.25, -0.2) is 0 Å². The molecule has 1 N–H and O–H groups in total. The molecule has 0 bridgehead atoms. The van der Waals surface area contributed by atoms with E-state index < -0.39 is 0 Å². The maximum atomic E-state index is 12.9. The van der Waals surface area contributed by atoms with Crippen LogP contribution in [-0.2, 0) is 11.2 Å². The number of benzene rings is 2. The van der Waals surface area contributed by atoms with Crippen molar-refractivity contribution in [3.8, 4) is 0 Å². The first-order valence-electron chi connectivity index (χ1n) is 11.7. The fourth-order valence-electron chi connectivity index (χ4n) is 4.28. The number of carbonyl (C=O) groups excluding carboxylic acids is 2. The van der Waals surface area contributed by atoms with E-state index >= 15 is 0 Å². The lowest BCUT2D eigenvalue weighted by atomic mass is 10.1. The molecule has 1 heterocycles. The van der Waals surface area contributed by atoms with E-state index in [4.69, 9.17) is 0 Å². The Bertz CT molecular complexity index is 902. The van der Waals surface area contributed by atoms with Crippen molar-refractivity contribution in [1.29, 1.82) is 0 Å². The van der Waals surface area contributed by atoms with Crippen molar-refractivity contribution in [3.05, 3.63) is 59.7 Å². The molecule has 32 heavy (non-hydrogen) atoms. The van der Waals surface area contributed by atoms with Crippen molar-refractivity contribution in [2.75, 3.05) is 49.5 Å². The molecule has 0 unspecified atom stereocenters. The molecule has 6 nitrogen and oxygen atoms in total. The molecule has 0 radical (unpaired) electrons. The summed E-state index contributed by atoms with van der Waals surface area (Å²) in [7, 11) is 0. The van der Waals surface area contributed by atoms with Crippen molar-refractivity contribution in [1.82, 2.24) is 9.80 Å². The van der Waals surface area contributed by atoms with Crippen molar-refractivity contribution in [2.24, 2.45) is 0 Å². The summed E-state index contributed by atoms with van der Waals surface area (Å²) in [5.74, 6) is 0.0528. The number of anilines is 2. The molecule has 0 aromatic heterocycles. The minimum absolute atomic E-state index is 0.00750. The van der Waals surface area contributed by atoms with E-state index in [0.717, 1.165) is 35.5 Å². The smallest absolute Gasteiger partial charge is 0.253 e. The Morgan fingerprint density at radius 1 is 0.969 bits per heavy atom. The standard InChI is InChI=1S/C26H36N4O2/c1-5-21-9-7-8-10-24(21)27-25(31)19-28-15-17-29(18-16-28)26(32)22-11-13-23(14-12-22)30(6-2)20(3)4/h7-14,20H,5-6,15-19H2,1-4H3,(H,27,31). The van der Waals surface area contributed by atoms with E-state index in [-0.39, 0.29) is 11.8 Å². The Labute approximate surface area is 192 Å². The molecule has 2 amide bonds. The van der Waals surface area contributed by atoms with Gasteiger partial charge in [-0.1, -0.05) is 25.1 Å². The summed E-state index contributed by atoms with van der Waals surface area (Å²) in [5.41, 5.74) is 3.88. The SMILES string of the molecule is CCc1ccccc1NC(=O)CN1CCN(C(=O)c2ccc(N(CC)C(C)C)cc2)CC1. The Balaban J connectivity index is 1.50. The summed E-state index contributed by atoms with van der Waals surface area (Å²) in [6, 6.07) is 16.2. The molecule has 0 aliphatic carbocycles. The highest BCUT2D eigenvalue weighted by atomic mass is 16.2. The molecular weight excluding hydrogens is 400 g/mol. The van der Waals surface area contributed by atoms with Crippen molar-refractivity contribution in [3.63, 3.8) is 0 Å². The van der Waals surface area contributed by atoms with Gasteiger partial charge in [0.2, 0.25) is 5.91 Å². The summed E-state index contributed by atoms with van der Waals surface area (Å²) in [5, 5.41) is 3.03. The van der Waals surface area contributed by atoms with Gasteiger partial charge >= 0.3 is 0 Å². The summed E-state index contributed by atoms with van der Waals surface area (Å²) < 4.78 is 0. The summed E-state index contributed by atoms with van der Waals surface area (Å²) in [4.78, 5) is 31.7. The zero-order chi connectivity index (χ0) is 23.1. The van der Waals surface area contributed by atoms with Gasteiger partial charge in [0.25, 0.3) is 5.91 Å². The van der Waals surface area contributed by atoms with Gasteiger partial charge in [0.05, 0.1) is 6.54 Å². The molecule has 3 rings (SSSR count). The first kappa shape index (κ1) is 23.8. The maximum absolute atomic E-state index is 12.9. The number of nitrogens with zero attached hydrogens (tertiary/aromatic N) is 3. The average molecular weight is 437 g/mol. The van der Waals surface area contributed by atoms with Gasteiger partial charge in [0.1, 0.15) is 0 Å². The lowest BCUT2D eigenvalue weighted by Crippen LogP contribution is -2.50. The predicted octanol–water partition coefficient (Wildman–Crippen LogP) is 3.88. The molecule has 2 aromatic rings. The molecule has 2 aromatic carbocycles. The van der Waals surface area contributed by atoms with Gasteiger partial charge in [-0.05, 0) is 63.1 Å². The lowest BCUT2D eigenvalue weighted by molar-refractivity contribution is -0.117. The molecule has 1 aliphatic heterocycles. The minimum Gasteiger partial charge on any atom is -0.369 e. The van der Waals surface area contributed by atoms with Gasteiger partial charge in [0.15, 0.2) is 0 Å². The van der Waals surface area contributed by atoms with Crippen LogP contribution in [-0.4, -0.2) is 66.9 Å². The van der Waals surface area contributed by atoms with Crippen LogP contribution in [0.2, 0.25) is 0 Å². The van der Waals surface area contributed by atoms with E-state index in [2.05, 4.69) is 42.8 Å². The molecule has 0 spiro atoms. The van der Waals surface area contributed by atoms with Crippen LogP contribution in [0.3, 0.4) is 0 Å². The van der Waals surface area contributed by atoms with Gasteiger partial charge in [0, 0.05) is 55.7 Å². The lowest BCUT2D eigenvalue weighted by Gasteiger charge is -2.34. The topological polar surface area (TPSA) is 55.9 Å². The number of hydrogen-bond donors (Lipinski definition) is 1. The average Bonchev–Trinajstić information content (AvgIpc) is 2.80. The maximum Gasteiger partial charge on any atom is 0.253 e. The fourth-order valence-corrected chi connectivity index (χ4v) is 4.28. The number of amides is 2. The van der Waals surface area contributed by atoms with Crippen molar-refractivity contribution >= 4 is 23.2 Å². The number of aryl methyl sites for hydroxylation is 1. The van der Waals surface area contributed by atoms with Gasteiger partial charge in [-0.2, -0.15) is 0 Å². The van der Waals surface area contributed by atoms with Crippen LogP contribution in [0, 0.1) is 0 Å². The van der Waals surface area contributed by atoms with Crippen molar-refractivity contribution < 1.29 is 9.59 Å². The van der Waals surface area contributed by atoms with E-state index in [1.54, 1.807) is 0 Å². The first-order chi connectivity index (χ1) is 15.4. The van der Waals surface area contributed by atoms with Gasteiger partial charge in [-0.3, -0.25) is 14.5 Å². The number of piperazine rings is 1. The van der Waals surface area contributed by atoms with E-state index in [9.17, 15) is 9.59 Å². The summed E-state index contributed by atoms with van der Waals surface area (Å²) in [6.45, 7) is 12.5. The third kappa shape index (κ3) is 5.88. The third-order valence-electron chi connectivity index (χ3n) is 6.11. The molecule has 172 valence electrons. The number of hydrogen-bond acceptors (Lipinski definition) is 4. The molecule has 1 saturated heterocycles. The molecule has 0 atom stereocenters. The van der Waals surface area contributed by atoms with Gasteiger partial charge in [-0.15, -0.1) is 0 Å². The van der Waals surface area contributed by atoms with Crippen LogP contribution in [0.25, 0.3) is 0 Å². The molecular formula is C26H36N4O2. The van der Waals surface area contributed by atoms with Crippen molar-refractivity contribution in [2.45, 2.75) is 40.2 Å². The zero-order valence-electron chi connectivity index (χ0n) is 19.8. The van der Waals surface area contributed by atoms with Crippen LogP contribution in [0.5, 0.6) is 0 Å². The van der Waals surface area contributed by atoms with Crippen LogP contribution >= 0.6 is 0 Å². The Morgan fingerprint density at radius 3 is 2.22 bits per heavy atom. The molecule has 6 heteroatoms. The fraction of sp³-hybridized carbons (Fsp3) is 0.462. The normalized spacial score (nSPS) is 14.5. The predicted molar refractivity (Wildman–Crippen MR) is 131 cm³/mol. The zero-order valence-corrected chi connectivity index (χ0v) is 19.8. The number of nitrogens with one attached hydrogen (secondary N) is 1. The van der Waals surface area contributed by atoms with E-state index in [1.807, 2.05) is 53.4 Å². The highest BCUT2D eigenvalue weighted by Gasteiger charge is 2.23. The minimum atomic E-state index is -0.00750. The monoisotopic (exact) mass is 436 g/mol. The quantitative estimate of drug-likeness (QED) is 0.682. The molecule has 1 aliphatic rings. The highest BCUT2D eigenvalue weighted by Crippen LogP contribution is 2.19. The number of para-hydroxylation sites is 1. The highest BCUT2D eigenvalue weighted by molar-refractivity contribution is 5.95. The Morgan fingerprint density at radius 2 is 1.62 bits per heavy atom. The van der Waals surface area contributed by atoms with Crippen LogP contribution in [0.4, 0.5) is 11.4 Å². The second-order valence-corrected chi connectivity index (χ2v) is 8.55. The number of carbonyl (C=O) groups is 2. The molecule has 0 saturated carbocycles. The van der Waals surface area contributed by atoms with E-state index in [1.165, 1.54) is 0 Å².